The van der Waals surface area contributed by atoms with Gasteiger partial charge in [-0.3, -0.25) is 0 Å². The average molecular weight is 620 g/mol. The Morgan fingerprint density at radius 2 is 2.11 bits per heavy atom. The van der Waals surface area contributed by atoms with Crippen LogP contribution in [-0.2, 0) is 17.9 Å². The van der Waals surface area contributed by atoms with Gasteiger partial charge in [-0.15, -0.1) is 0 Å². The number of carbonyl (C=O) groups is 2. The molecule has 0 bridgehead atoms. The van der Waals surface area contributed by atoms with Crippen LogP contribution in [0.5, 0.6) is 0 Å². The number of amides is 2. The predicted molar refractivity (Wildman–Crippen MR) is 135 cm³/mol. The van der Waals surface area contributed by atoms with E-state index in [1.165, 1.54) is 9.99 Å². The van der Waals surface area contributed by atoms with Gasteiger partial charge in [0.1, 0.15) is 0 Å². The third-order valence-electron chi connectivity index (χ3n) is 7.26. The fourth-order valence-electron chi connectivity index (χ4n) is 5.35. The van der Waals surface area contributed by atoms with Gasteiger partial charge in [-0.1, -0.05) is 0 Å². The first-order valence-corrected chi connectivity index (χ1v) is 15.0. The van der Waals surface area contributed by atoms with Crippen LogP contribution in [0.4, 0.5) is 0 Å². The monoisotopic (exact) mass is 620 g/mol. The molecule has 3 aliphatic rings. The number of aromatic nitrogens is 3. The van der Waals surface area contributed by atoms with E-state index in [1.54, 1.807) is 21.8 Å². The number of fused-ring (bicyclic) bond motifs is 1. The Labute approximate surface area is 231 Å². The number of benzene rings is 1. The van der Waals surface area contributed by atoms with Crippen LogP contribution < -0.4 is 26.5 Å². The van der Waals surface area contributed by atoms with Crippen LogP contribution in [0.3, 0.4) is 0 Å². The number of piperidine rings is 1. The maximum absolute atomic E-state index is 13.0. The van der Waals surface area contributed by atoms with E-state index < -0.39 is 6.04 Å². The number of alkyl halides is 1. The van der Waals surface area contributed by atoms with Gasteiger partial charge in [0.05, 0.1) is 0 Å². The number of halogens is 1. The molecule has 0 spiro atoms. The first-order valence-electron chi connectivity index (χ1n) is 12.6. The van der Waals surface area contributed by atoms with Gasteiger partial charge in [0.15, 0.2) is 0 Å². The Morgan fingerprint density at radius 3 is 2.95 bits per heavy atom. The fraction of sp³-hybridized carbons (Fsp3) is 0.321. The summed E-state index contributed by atoms with van der Waals surface area (Å²) in [5.74, 6) is -0.167. The first-order chi connectivity index (χ1) is 18.5. The van der Waals surface area contributed by atoms with Gasteiger partial charge < -0.3 is 0 Å². The van der Waals surface area contributed by atoms with Crippen LogP contribution in [-0.4, -0.2) is 59.4 Å². The van der Waals surface area contributed by atoms with Gasteiger partial charge in [0.2, 0.25) is 0 Å². The van der Waals surface area contributed by atoms with Crippen molar-refractivity contribution in [2.24, 2.45) is 0 Å². The summed E-state index contributed by atoms with van der Waals surface area (Å²) in [7, 11) is 0. The van der Waals surface area contributed by atoms with Crippen molar-refractivity contribution in [2.75, 3.05) is 13.1 Å². The number of pyridine rings is 1. The van der Waals surface area contributed by atoms with Crippen molar-refractivity contribution in [3.8, 4) is 11.8 Å². The van der Waals surface area contributed by atoms with Crippen LogP contribution in [0.1, 0.15) is 46.4 Å². The molecule has 1 aromatic carbocycles. The number of hydrogen-bond acceptors (Lipinski definition) is 6. The van der Waals surface area contributed by atoms with Crippen molar-refractivity contribution < 1.29 is 30.8 Å². The van der Waals surface area contributed by atoms with Crippen molar-refractivity contribution in [3.05, 3.63) is 87.2 Å². The summed E-state index contributed by atoms with van der Waals surface area (Å²) in [5.41, 5.74) is 4.85. The van der Waals surface area contributed by atoms with Gasteiger partial charge in [0.25, 0.3) is 0 Å². The van der Waals surface area contributed by atoms with Crippen molar-refractivity contribution in [1.29, 1.82) is 5.26 Å². The van der Waals surface area contributed by atoms with Gasteiger partial charge in [-0.2, -0.15) is 0 Å². The van der Waals surface area contributed by atoms with E-state index in [4.69, 9.17) is 5.26 Å². The Kier molecular flexibility index (Phi) is 6.71. The summed E-state index contributed by atoms with van der Waals surface area (Å²) in [6.45, 7) is 7.31. The number of allylic oxidation sites excluding steroid dienone is 1. The molecule has 0 aliphatic carbocycles. The number of likely N-dealkylation sites (tertiary alicyclic amines) is 1. The van der Waals surface area contributed by atoms with Crippen LogP contribution in [0.15, 0.2) is 61.2 Å². The molecule has 38 heavy (non-hydrogen) atoms. The van der Waals surface area contributed by atoms with Crippen LogP contribution in [0, 0.1) is 14.9 Å². The molecule has 3 aromatic rings. The van der Waals surface area contributed by atoms with E-state index in [0.717, 1.165) is 47.7 Å². The second kappa shape index (κ2) is 10.3. The zero-order valence-electron chi connectivity index (χ0n) is 20.8. The Morgan fingerprint density at radius 1 is 1.21 bits per heavy atom. The van der Waals surface area contributed by atoms with Gasteiger partial charge in [0, 0.05) is 0 Å². The van der Waals surface area contributed by atoms with Crippen molar-refractivity contribution in [1.82, 2.24) is 29.9 Å². The van der Waals surface area contributed by atoms with Crippen molar-refractivity contribution in [2.45, 2.75) is 42.3 Å². The molecule has 2 atom stereocenters. The molecule has 0 radical (unpaired) electrons. The third kappa shape index (κ3) is 4.96. The molecule has 6 rings (SSSR count). The molecule has 194 valence electrons. The molecule has 3 aliphatic heterocycles. The molecule has 9 nitrogen and oxygen atoms in total. The quantitative estimate of drug-likeness (QED) is 0.292. The number of nitrogens with one attached hydrogen (secondary N) is 1. The van der Waals surface area contributed by atoms with E-state index in [-0.39, 0.29) is 33.0 Å². The summed E-state index contributed by atoms with van der Waals surface area (Å²) in [6, 6.07) is 11.5. The summed E-state index contributed by atoms with van der Waals surface area (Å²) in [5, 5.41) is 16.4. The van der Waals surface area contributed by atoms with Gasteiger partial charge in [-0.25, -0.2) is 0 Å². The Bertz CT molecular complexity index is 1480. The second-order valence-electron chi connectivity index (χ2n) is 9.92. The molecule has 1 N–H and O–H groups in total. The molecule has 2 amide bonds. The van der Waals surface area contributed by atoms with E-state index in [9.17, 15) is 9.59 Å². The molecule has 2 aromatic heterocycles. The number of hydrogen-bond donors (Lipinski definition) is 1. The standard InChI is InChI=1S/C28H27IN7O2/c1-18-2-5-26(27(37)33-18)35-16-20-10-21(3-4-25(20)28(35)38)29-22-7-9-34(17-22)14-19-13-32-36(15-19)24-6-8-31-23(11-24)12-30/h3-4,6,8,10-11,13,15,22,26H,1-2,5,7,9,14,16-17H2,(H,33,37)/q-1. The van der Waals surface area contributed by atoms with Crippen LogP contribution >= 0.6 is 0 Å². The molecule has 10 heteroatoms. The fourth-order valence-corrected chi connectivity index (χ4v) is 8.66. The zero-order valence-corrected chi connectivity index (χ0v) is 23.0. The first kappa shape index (κ1) is 24.8. The summed E-state index contributed by atoms with van der Waals surface area (Å²) in [4.78, 5) is 33.7. The molecular formula is C28H27IN7O2-. The zero-order chi connectivity index (χ0) is 26.2. The van der Waals surface area contributed by atoms with E-state index in [1.807, 2.05) is 24.5 Å². The van der Waals surface area contributed by atoms with Gasteiger partial charge in [-0.05, 0) is 0 Å². The molecule has 0 saturated carbocycles. The second-order valence-corrected chi connectivity index (χ2v) is 13.5. The number of nitrogens with zero attached hydrogens (tertiary/aromatic N) is 6. The third-order valence-corrected chi connectivity index (χ3v) is 10.5. The number of nitriles is 1. The minimum absolute atomic E-state index is 0.0411. The number of carbonyl (C=O) groups excluding carboxylic acids is 2. The Hall–Kier alpha value is -3.56. The minimum atomic E-state index is -0.418. The SMILES string of the molecule is C=C1CCC(N2Cc3cc([I-]C4CCN(Cc5cnn(-c6ccnc(C#N)c6)c5)C4)ccc3C2=O)C(=O)N1. The molecular weight excluding hydrogens is 593 g/mol. The molecule has 2 fully saturated rings. The van der Waals surface area contributed by atoms with Crippen LogP contribution in [0.2, 0.25) is 0 Å². The Balaban J connectivity index is 1.06. The summed E-state index contributed by atoms with van der Waals surface area (Å²) in [6.07, 6.45) is 8.04. The summed E-state index contributed by atoms with van der Waals surface area (Å²) >= 11 is -0.206. The predicted octanol–water partition coefficient (Wildman–Crippen LogP) is -0.580. The normalized spacial score (nSPS) is 21.6. The number of rotatable bonds is 6. The van der Waals surface area contributed by atoms with Crippen molar-refractivity contribution in [3.63, 3.8) is 0 Å². The van der Waals surface area contributed by atoms with E-state index in [0.29, 0.717) is 29.0 Å². The molecule has 2 unspecified atom stereocenters. The molecule has 5 heterocycles. The van der Waals surface area contributed by atoms with E-state index >= 15 is 0 Å². The average Bonchev–Trinajstić information content (AvgIpc) is 3.64. The molecule has 2 saturated heterocycles. The van der Waals surface area contributed by atoms with Gasteiger partial charge >= 0.3 is 232 Å². The van der Waals surface area contributed by atoms with Crippen molar-refractivity contribution >= 4 is 11.8 Å². The topological polar surface area (TPSA) is 107 Å². The van der Waals surface area contributed by atoms with Crippen LogP contribution in [0.25, 0.3) is 5.69 Å². The maximum atomic E-state index is 13.0. The summed E-state index contributed by atoms with van der Waals surface area (Å²) < 4.78 is 3.80. The van der Waals surface area contributed by atoms with E-state index in [2.05, 4.69) is 45.1 Å².